The maximum absolute atomic E-state index is 5.59. The van der Waals surface area contributed by atoms with E-state index in [4.69, 9.17) is 10.8 Å². The van der Waals surface area contributed by atoms with E-state index in [0.29, 0.717) is 0 Å². The summed E-state index contributed by atoms with van der Waals surface area (Å²) in [5, 5.41) is 3.05. The summed E-state index contributed by atoms with van der Waals surface area (Å²) in [6, 6.07) is 2.77. The second-order valence-electron chi connectivity index (χ2n) is 5.88. The minimum Gasteiger partial charge on any atom is -0.308 e. The molecule has 3 N–H and O–H groups in total. The van der Waals surface area contributed by atoms with Crippen LogP contribution in [0.4, 0.5) is 5.82 Å². The van der Waals surface area contributed by atoms with Gasteiger partial charge in [0.15, 0.2) is 5.82 Å². The second-order valence-corrected chi connectivity index (χ2v) is 6.77. The van der Waals surface area contributed by atoms with Gasteiger partial charge in [-0.3, -0.25) is 4.90 Å². The van der Waals surface area contributed by atoms with Gasteiger partial charge in [-0.05, 0) is 43.0 Å². The first kappa shape index (κ1) is 12.5. The van der Waals surface area contributed by atoms with Crippen LogP contribution in [0, 0.1) is 5.92 Å². The Morgan fingerprint density at radius 1 is 1.30 bits per heavy atom. The number of hydrazine groups is 1. The molecule has 20 heavy (non-hydrogen) atoms. The first-order valence-corrected chi connectivity index (χ1v) is 8.16. The molecule has 2 fully saturated rings. The van der Waals surface area contributed by atoms with Gasteiger partial charge in [-0.2, -0.15) is 0 Å². The van der Waals surface area contributed by atoms with Crippen molar-refractivity contribution in [3.05, 3.63) is 17.3 Å². The average Bonchev–Trinajstić information content (AvgIpc) is 3.36. The number of nitrogens with one attached hydrogen (secondary N) is 1. The van der Waals surface area contributed by atoms with E-state index in [1.807, 2.05) is 11.4 Å². The Morgan fingerprint density at radius 2 is 2.15 bits per heavy atom. The number of nitrogens with zero attached hydrogens (tertiary/aromatic N) is 3. The number of nitrogens with two attached hydrogens (primary N) is 1. The lowest BCUT2D eigenvalue weighted by atomic mass is 10.3. The van der Waals surface area contributed by atoms with Gasteiger partial charge in [0.05, 0.1) is 11.9 Å². The zero-order valence-corrected chi connectivity index (χ0v) is 12.2. The average molecular weight is 289 g/mol. The third kappa shape index (κ3) is 2.51. The van der Waals surface area contributed by atoms with Gasteiger partial charge in [-0.25, -0.2) is 15.8 Å². The summed E-state index contributed by atoms with van der Waals surface area (Å²) in [6.45, 7) is 2.06. The zero-order valence-electron chi connectivity index (χ0n) is 11.4. The van der Waals surface area contributed by atoms with Crippen molar-refractivity contribution in [2.75, 3.05) is 12.0 Å². The van der Waals surface area contributed by atoms with Gasteiger partial charge in [-0.15, -0.1) is 11.3 Å². The number of fused-ring (bicyclic) bond motifs is 1. The van der Waals surface area contributed by atoms with Crippen LogP contribution in [-0.2, 0) is 6.54 Å². The van der Waals surface area contributed by atoms with E-state index in [1.165, 1.54) is 32.2 Å². The lowest BCUT2D eigenvalue weighted by Gasteiger charge is -2.21. The molecule has 4 rings (SSSR count). The second kappa shape index (κ2) is 4.95. The maximum Gasteiger partial charge on any atom is 0.152 e. The van der Waals surface area contributed by atoms with E-state index >= 15 is 0 Å². The van der Waals surface area contributed by atoms with Crippen LogP contribution in [0.15, 0.2) is 11.4 Å². The first-order valence-electron chi connectivity index (χ1n) is 7.28. The largest absolute Gasteiger partial charge is 0.308 e. The molecule has 0 radical (unpaired) electrons. The van der Waals surface area contributed by atoms with E-state index in [-0.39, 0.29) is 0 Å². The molecule has 0 saturated heterocycles. The molecule has 106 valence electrons. The molecule has 0 atom stereocenters. The Balaban J connectivity index is 1.59. The summed E-state index contributed by atoms with van der Waals surface area (Å²) in [6.07, 6.45) is 5.44. The molecule has 0 unspecified atom stereocenters. The van der Waals surface area contributed by atoms with Gasteiger partial charge >= 0.3 is 0 Å². The number of nitrogen functional groups attached to an aromatic ring is 1. The van der Waals surface area contributed by atoms with Crippen LogP contribution >= 0.6 is 11.3 Å². The first-order chi connectivity index (χ1) is 9.83. The molecule has 2 aromatic rings. The molecule has 2 saturated carbocycles. The number of thiophene rings is 1. The molecule has 0 aliphatic heterocycles. The van der Waals surface area contributed by atoms with Crippen LogP contribution < -0.4 is 11.3 Å². The summed E-state index contributed by atoms with van der Waals surface area (Å²) in [7, 11) is 0. The number of aromatic nitrogens is 2. The smallest absolute Gasteiger partial charge is 0.152 e. The fraction of sp³-hybridized carbons (Fsp3) is 0.571. The van der Waals surface area contributed by atoms with Gasteiger partial charge in [0.25, 0.3) is 0 Å². The van der Waals surface area contributed by atoms with Crippen molar-refractivity contribution < 1.29 is 0 Å². The van der Waals surface area contributed by atoms with Crippen molar-refractivity contribution in [3.8, 4) is 0 Å². The van der Waals surface area contributed by atoms with Crippen molar-refractivity contribution >= 4 is 27.4 Å². The highest BCUT2D eigenvalue weighted by molar-refractivity contribution is 7.16. The Morgan fingerprint density at radius 3 is 2.85 bits per heavy atom. The highest BCUT2D eigenvalue weighted by atomic mass is 32.1. The summed E-state index contributed by atoms with van der Waals surface area (Å²) in [4.78, 5) is 12.9. The maximum atomic E-state index is 5.59. The Kier molecular flexibility index (Phi) is 3.09. The lowest BCUT2D eigenvalue weighted by molar-refractivity contribution is 0.238. The standard InChI is InChI=1S/C14H19N5S/c15-18-13-11-5-6-20-14(11)17-12(16-13)8-19(10-3-4-10)7-9-1-2-9/h5-6,9-10H,1-4,7-8,15H2,(H,16,17,18). The van der Waals surface area contributed by atoms with Crippen molar-refractivity contribution in [2.24, 2.45) is 11.8 Å². The van der Waals surface area contributed by atoms with Crippen molar-refractivity contribution in [1.82, 2.24) is 14.9 Å². The summed E-state index contributed by atoms with van der Waals surface area (Å²) in [5.41, 5.74) is 2.70. The number of hydrogen-bond donors (Lipinski definition) is 2. The molecule has 0 bridgehead atoms. The zero-order chi connectivity index (χ0) is 13.5. The normalized spacial score (nSPS) is 18.9. The Labute approximate surface area is 122 Å². The van der Waals surface area contributed by atoms with E-state index in [1.54, 1.807) is 11.3 Å². The molecule has 0 aromatic carbocycles. The third-order valence-electron chi connectivity index (χ3n) is 4.11. The fourth-order valence-electron chi connectivity index (χ4n) is 2.68. The van der Waals surface area contributed by atoms with Crippen LogP contribution in [0.2, 0.25) is 0 Å². The minimum absolute atomic E-state index is 0.744. The highest BCUT2D eigenvalue weighted by Gasteiger charge is 2.34. The van der Waals surface area contributed by atoms with Gasteiger partial charge in [0, 0.05) is 12.6 Å². The monoisotopic (exact) mass is 289 g/mol. The molecule has 2 aromatic heterocycles. The Bertz CT molecular complexity index is 617. The SMILES string of the molecule is NNc1nc(CN(CC2CC2)C2CC2)nc2sccc12. The highest BCUT2D eigenvalue weighted by Crippen LogP contribution is 2.35. The predicted molar refractivity (Wildman–Crippen MR) is 81.4 cm³/mol. The third-order valence-corrected chi connectivity index (χ3v) is 4.91. The molecular weight excluding hydrogens is 270 g/mol. The van der Waals surface area contributed by atoms with Crippen molar-refractivity contribution in [2.45, 2.75) is 38.3 Å². The molecule has 6 heteroatoms. The Hall–Kier alpha value is -1.24. The van der Waals surface area contributed by atoms with Gasteiger partial charge in [0.1, 0.15) is 10.7 Å². The van der Waals surface area contributed by atoms with Gasteiger partial charge < -0.3 is 5.43 Å². The summed E-state index contributed by atoms with van der Waals surface area (Å²) in [5.74, 6) is 8.13. The van der Waals surface area contributed by atoms with E-state index < -0.39 is 0 Å². The van der Waals surface area contributed by atoms with Crippen LogP contribution in [0.25, 0.3) is 10.2 Å². The number of rotatable bonds is 6. The quantitative estimate of drug-likeness (QED) is 0.631. The molecular formula is C14H19N5S. The van der Waals surface area contributed by atoms with Crippen molar-refractivity contribution in [1.29, 1.82) is 0 Å². The molecule has 0 spiro atoms. The predicted octanol–water partition coefficient (Wildman–Crippen LogP) is 2.35. The van der Waals surface area contributed by atoms with E-state index in [2.05, 4.69) is 15.3 Å². The summed E-state index contributed by atoms with van der Waals surface area (Å²) < 4.78 is 0. The van der Waals surface area contributed by atoms with Gasteiger partial charge in [-0.1, -0.05) is 0 Å². The molecule has 0 amide bonds. The van der Waals surface area contributed by atoms with Gasteiger partial charge in [0.2, 0.25) is 0 Å². The van der Waals surface area contributed by atoms with E-state index in [0.717, 1.165) is 40.4 Å². The van der Waals surface area contributed by atoms with Crippen LogP contribution in [-0.4, -0.2) is 27.5 Å². The van der Waals surface area contributed by atoms with Crippen LogP contribution in [0.5, 0.6) is 0 Å². The minimum atomic E-state index is 0.744. The fourth-order valence-corrected chi connectivity index (χ4v) is 3.46. The molecule has 2 heterocycles. The van der Waals surface area contributed by atoms with Crippen LogP contribution in [0.3, 0.4) is 0 Å². The lowest BCUT2D eigenvalue weighted by Crippen LogP contribution is -2.29. The molecule has 2 aliphatic rings. The summed E-state index contributed by atoms with van der Waals surface area (Å²) >= 11 is 1.64. The number of anilines is 1. The van der Waals surface area contributed by atoms with Crippen LogP contribution in [0.1, 0.15) is 31.5 Å². The molecule has 5 nitrogen and oxygen atoms in total. The topological polar surface area (TPSA) is 67.1 Å². The number of hydrogen-bond acceptors (Lipinski definition) is 6. The van der Waals surface area contributed by atoms with Crippen molar-refractivity contribution in [3.63, 3.8) is 0 Å². The van der Waals surface area contributed by atoms with E-state index in [9.17, 15) is 0 Å². The molecule has 2 aliphatic carbocycles.